The molecule has 140 valence electrons. The molecule has 4 N–H and O–H groups in total. The number of fused-ring (bicyclic) bond motifs is 3. The number of anilines is 1. The van der Waals surface area contributed by atoms with Crippen LogP contribution in [-0.2, 0) is 0 Å². The Balaban J connectivity index is 1.64. The Labute approximate surface area is 161 Å². The molecule has 0 radical (unpaired) electrons. The number of carbonyl (C=O) groups is 1. The number of nitrogens with zero attached hydrogens (tertiary/aromatic N) is 3. The summed E-state index contributed by atoms with van der Waals surface area (Å²) < 4.78 is 0. The van der Waals surface area contributed by atoms with E-state index in [1.807, 2.05) is 30.3 Å². The normalized spacial score (nSPS) is 13.9. The standard InChI is InChI=1S/C21H20N6O/c22-20(28)15-11-24-21(23-9-7-12-3-4-12)18-14-6-5-13(10-17(14)26-19(15)18)16-2-1-8-25-27-16/h1-2,5-6,8,10-12,26H,3-4,7,9H2,(H2,22,28)(H,23,24). The second-order valence-corrected chi connectivity index (χ2v) is 7.29. The van der Waals surface area contributed by atoms with Crippen LogP contribution in [0, 0.1) is 5.92 Å². The van der Waals surface area contributed by atoms with E-state index in [0.717, 1.165) is 52.2 Å². The number of benzene rings is 1. The van der Waals surface area contributed by atoms with E-state index >= 15 is 0 Å². The third-order valence-corrected chi connectivity index (χ3v) is 5.30. The fourth-order valence-corrected chi connectivity index (χ4v) is 3.64. The first-order chi connectivity index (χ1) is 13.7. The highest BCUT2D eigenvalue weighted by molar-refractivity contribution is 6.18. The van der Waals surface area contributed by atoms with Crippen LogP contribution < -0.4 is 11.1 Å². The monoisotopic (exact) mass is 372 g/mol. The molecule has 0 spiro atoms. The zero-order chi connectivity index (χ0) is 19.1. The molecule has 5 rings (SSSR count). The van der Waals surface area contributed by atoms with Crippen molar-refractivity contribution in [1.29, 1.82) is 0 Å². The summed E-state index contributed by atoms with van der Waals surface area (Å²) in [5, 5.41) is 13.5. The highest BCUT2D eigenvalue weighted by atomic mass is 16.1. The average molecular weight is 372 g/mol. The van der Waals surface area contributed by atoms with Crippen molar-refractivity contribution < 1.29 is 4.79 Å². The van der Waals surface area contributed by atoms with E-state index in [-0.39, 0.29) is 0 Å². The molecule has 3 aromatic heterocycles. The summed E-state index contributed by atoms with van der Waals surface area (Å²) >= 11 is 0. The number of aromatic nitrogens is 4. The minimum Gasteiger partial charge on any atom is -0.369 e. The molecule has 7 heteroatoms. The second-order valence-electron chi connectivity index (χ2n) is 7.29. The summed E-state index contributed by atoms with van der Waals surface area (Å²) in [6.45, 7) is 0.868. The van der Waals surface area contributed by atoms with Gasteiger partial charge in [-0.2, -0.15) is 10.2 Å². The lowest BCUT2D eigenvalue weighted by atomic mass is 10.1. The van der Waals surface area contributed by atoms with Crippen LogP contribution in [0.2, 0.25) is 0 Å². The van der Waals surface area contributed by atoms with E-state index in [9.17, 15) is 4.79 Å². The van der Waals surface area contributed by atoms with Crippen LogP contribution in [0.25, 0.3) is 33.1 Å². The lowest BCUT2D eigenvalue weighted by Crippen LogP contribution is -2.13. The largest absolute Gasteiger partial charge is 0.369 e. The minimum absolute atomic E-state index is 0.389. The predicted octanol–water partition coefficient (Wildman–Crippen LogP) is 3.48. The maximum atomic E-state index is 11.9. The Morgan fingerprint density at radius 3 is 2.93 bits per heavy atom. The van der Waals surface area contributed by atoms with Crippen molar-refractivity contribution in [3.63, 3.8) is 0 Å². The zero-order valence-corrected chi connectivity index (χ0v) is 15.3. The van der Waals surface area contributed by atoms with Gasteiger partial charge in [-0.15, -0.1) is 0 Å². The molecule has 0 unspecified atom stereocenters. The molecule has 0 saturated heterocycles. The van der Waals surface area contributed by atoms with Crippen molar-refractivity contribution in [2.75, 3.05) is 11.9 Å². The maximum Gasteiger partial charge on any atom is 0.252 e. The highest BCUT2D eigenvalue weighted by Crippen LogP contribution is 2.35. The molecule has 1 fully saturated rings. The van der Waals surface area contributed by atoms with E-state index in [1.54, 1.807) is 12.4 Å². The average Bonchev–Trinajstić information content (AvgIpc) is 3.46. The van der Waals surface area contributed by atoms with Gasteiger partial charge in [0.05, 0.1) is 22.2 Å². The molecule has 1 aliphatic carbocycles. The van der Waals surface area contributed by atoms with Crippen LogP contribution in [-0.4, -0.2) is 32.6 Å². The second kappa shape index (κ2) is 6.60. The number of aromatic amines is 1. The van der Waals surface area contributed by atoms with Gasteiger partial charge in [0.25, 0.3) is 5.91 Å². The molecular weight excluding hydrogens is 352 g/mol. The molecule has 3 heterocycles. The number of nitrogens with two attached hydrogens (primary N) is 1. The SMILES string of the molecule is NC(=O)c1cnc(NCCC2CC2)c2c1[nH]c1cc(-c3cccnn3)ccc12. The van der Waals surface area contributed by atoms with Crippen molar-refractivity contribution in [2.24, 2.45) is 11.7 Å². The van der Waals surface area contributed by atoms with E-state index in [1.165, 1.54) is 12.8 Å². The van der Waals surface area contributed by atoms with Crippen LogP contribution in [0.1, 0.15) is 29.6 Å². The number of hydrogen-bond acceptors (Lipinski definition) is 5. The van der Waals surface area contributed by atoms with Crippen LogP contribution in [0.4, 0.5) is 5.82 Å². The number of nitrogens with one attached hydrogen (secondary N) is 2. The number of H-pyrrole nitrogens is 1. The van der Waals surface area contributed by atoms with Crippen LogP contribution >= 0.6 is 0 Å². The third kappa shape index (κ3) is 2.94. The predicted molar refractivity (Wildman–Crippen MR) is 109 cm³/mol. The van der Waals surface area contributed by atoms with E-state index < -0.39 is 5.91 Å². The Morgan fingerprint density at radius 1 is 1.29 bits per heavy atom. The zero-order valence-electron chi connectivity index (χ0n) is 15.3. The molecule has 0 aliphatic heterocycles. The molecule has 1 aromatic carbocycles. The van der Waals surface area contributed by atoms with Crippen LogP contribution in [0.15, 0.2) is 42.7 Å². The van der Waals surface area contributed by atoms with E-state index in [0.29, 0.717) is 11.1 Å². The summed E-state index contributed by atoms with van der Waals surface area (Å²) in [5.74, 6) is 1.12. The van der Waals surface area contributed by atoms with Crippen LogP contribution in [0.5, 0.6) is 0 Å². The summed E-state index contributed by atoms with van der Waals surface area (Å²) in [7, 11) is 0. The molecule has 1 saturated carbocycles. The summed E-state index contributed by atoms with van der Waals surface area (Å²) in [6.07, 6.45) is 6.98. The molecule has 7 nitrogen and oxygen atoms in total. The van der Waals surface area contributed by atoms with Crippen molar-refractivity contribution >= 4 is 33.5 Å². The minimum atomic E-state index is -0.497. The Bertz CT molecular complexity index is 1180. The molecule has 1 aliphatic rings. The molecule has 0 bridgehead atoms. The first-order valence-corrected chi connectivity index (χ1v) is 9.47. The van der Waals surface area contributed by atoms with Crippen molar-refractivity contribution in [3.05, 3.63) is 48.3 Å². The van der Waals surface area contributed by atoms with Gasteiger partial charge in [0.1, 0.15) is 5.82 Å². The van der Waals surface area contributed by atoms with Gasteiger partial charge in [0.15, 0.2) is 0 Å². The van der Waals surface area contributed by atoms with Gasteiger partial charge in [0.2, 0.25) is 0 Å². The van der Waals surface area contributed by atoms with Crippen LogP contribution in [0.3, 0.4) is 0 Å². The van der Waals surface area contributed by atoms with Gasteiger partial charge in [-0.25, -0.2) is 4.98 Å². The summed E-state index contributed by atoms with van der Waals surface area (Å²) in [5.41, 5.74) is 9.32. The number of hydrogen-bond donors (Lipinski definition) is 3. The first kappa shape index (κ1) is 16.7. The Hall–Kier alpha value is -3.48. The number of rotatable bonds is 6. The van der Waals surface area contributed by atoms with Crippen molar-refractivity contribution in [3.8, 4) is 11.3 Å². The smallest absolute Gasteiger partial charge is 0.252 e. The number of amides is 1. The fourth-order valence-electron chi connectivity index (χ4n) is 3.64. The van der Waals surface area contributed by atoms with Crippen molar-refractivity contribution in [1.82, 2.24) is 20.2 Å². The Morgan fingerprint density at radius 2 is 2.18 bits per heavy atom. The maximum absolute atomic E-state index is 11.9. The molecule has 0 atom stereocenters. The van der Waals surface area contributed by atoms with Gasteiger partial charge in [0, 0.05) is 35.4 Å². The van der Waals surface area contributed by atoms with Crippen molar-refractivity contribution in [2.45, 2.75) is 19.3 Å². The molecular formula is C21H20N6O. The van der Waals surface area contributed by atoms with Gasteiger partial charge in [-0.1, -0.05) is 25.0 Å². The summed E-state index contributed by atoms with van der Waals surface area (Å²) in [6, 6.07) is 9.81. The summed E-state index contributed by atoms with van der Waals surface area (Å²) in [4.78, 5) is 19.8. The van der Waals surface area contributed by atoms with E-state index in [4.69, 9.17) is 5.73 Å². The highest BCUT2D eigenvalue weighted by Gasteiger charge is 2.21. The molecule has 4 aromatic rings. The third-order valence-electron chi connectivity index (χ3n) is 5.30. The fraction of sp³-hybridized carbons (Fsp3) is 0.238. The lowest BCUT2D eigenvalue weighted by Gasteiger charge is -2.08. The topological polar surface area (TPSA) is 110 Å². The van der Waals surface area contributed by atoms with E-state index in [2.05, 4.69) is 25.5 Å². The van der Waals surface area contributed by atoms with Gasteiger partial charge < -0.3 is 16.0 Å². The Kier molecular flexibility index (Phi) is 3.93. The number of pyridine rings is 1. The van der Waals surface area contributed by atoms with Gasteiger partial charge >= 0.3 is 0 Å². The lowest BCUT2D eigenvalue weighted by molar-refractivity contribution is 0.100. The molecule has 1 amide bonds. The quantitative estimate of drug-likeness (QED) is 0.480. The number of carbonyl (C=O) groups excluding carboxylic acids is 1. The first-order valence-electron chi connectivity index (χ1n) is 9.47. The molecule has 28 heavy (non-hydrogen) atoms. The number of primary amides is 1. The van der Waals surface area contributed by atoms with Gasteiger partial charge in [-0.3, -0.25) is 4.79 Å². The van der Waals surface area contributed by atoms with Gasteiger partial charge in [-0.05, 0) is 30.5 Å².